The summed E-state index contributed by atoms with van der Waals surface area (Å²) in [5.41, 5.74) is 6.29. The maximum absolute atomic E-state index is 9.80. The molecule has 8 aromatic rings. The van der Waals surface area contributed by atoms with Crippen LogP contribution in [-0.4, -0.2) is 12.6 Å². The van der Waals surface area contributed by atoms with Crippen LogP contribution < -0.4 is 20.7 Å². The lowest BCUT2D eigenvalue weighted by Gasteiger charge is -2.36. The van der Waals surface area contributed by atoms with Crippen LogP contribution in [0.15, 0.2) is 170 Å². The van der Waals surface area contributed by atoms with Crippen LogP contribution in [0, 0.1) is 24.5 Å². The Hall–Kier alpha value is -6.97. The van der Waals surface area contributed by atoms with Crippen molar-refractivity contribution in [3.8, 4) is 22.9 Å². The van der Waals surface area contributed by atoms with Crippen molar-refractivity contribution in [1.29, 1.82) is 5.26 Å². The maximum atomic E-state index is 9.80. The monoisotopic (exact) mass is 652 g/mol. The Morgan fingerprint density at radius 2 is 1.10 bits per heavy atom. The molecule has 5 heteroatoms. The fourth-order valence-corrected chi connectivity index (χ4v) is 12.5. The number of rotatable bonds is 6. The van der Waals surface area contributed by atoms with Crippen LogP contribution in [0.4, 0.5) is 11.4 Å². The molecule has 232 valence electrons. The zero-order chi connectivity index (χ0) is 34.1. The number of benzene rings is 7. The third-order valence-electron chi connectivity index (χ3n) is 9.61. The lowest BCUT2D eigenvalue weighted by molar-refractivity contribution is 1.18. The van der Waals surface area contributed by atoms with E-state index in [1.807, 2.05) is 60.7 Å². The Morgan fingerprint density at radius 1 is 0.540 bits per heavy atom. The van der Waals surface area contributed by atoms with Gasteiger partial charge in [0.25, 0.3) is 0 Å². The molecular weight excluding hydrogens is 625 g/mol. The van der Waals surface area contributed by atoms with Crippen molar-refractivity contribution < 1.29 is 0 Å². The van der Waals surface area contributed by atoms with Gasteiger partial charge in [-0.2, -0.15) is 5.26 Å². The van der Waals surface area contributed by atoms with Gasteiger partial charge in [-0.3, -0.25) is 0 Å². The van der Waals surface area contributed by atoms with E-state index in [4.69, 9.17) is 13.1 Å². The number of hydrogen-bond acceptors (Lipinski definition) is 1. The van der Waals surface area contributed by atoms with Gasteiger partial charge in [-0.1, -0.05) is 133 Å². The van der Waals surface area contributed by atoms with Crippen molar-refractivity contribution in [2.24, 2.45) is 0 Å². The fourth-order valence-electron chi connectivity index (χ4n) is 7.55. The van der Waals surface area contributed by atoms with Crippen molar-refractivity contribution in [2.45, 2.75) is 0 Å². The largest absolute Gasteiger partial charge is 0.309 e. The quantitative estimate of drug-likeness (QED) is 0.101. The van der Waals surface area contributed by atoms with Crippen molar-refractivity contribution in [3.63, 3.8) is 0 Å². The van der Waals surface area contributed by atoms with E-state index in [1.165, 1.54) is 15.6 Å². The van der Waals surface area contributed by atoms with Gasteiger partial charge in [0, 0.05) is 5.39 Å². The lowest BCUT2D eigenvalue weighted by Crippen LogP contribution is -2.75. The molecule has 0 fully saturated rings. The molecule has 1 aromatic heterocycles. The first kappa shape index (κ1) is 30.4. The predicted octanol–water partition coefficient (Wildman–Crippen LogP) is 8.80. The molecule has 4 nitrogen and oxygen atoms in total. The highest BCUT2D eigenvalue weighted by molar-refractivity contribution is 7.20. The minimum absolute atomic E-state index is 0.539. The van der Waals surface area contributed by atoms with Crippen LogP contribution in [0.1, 0.15) is 5.56 Å². The summed E-state index contributed by atoms with van der Waals surface area (Å²) in [6, 6.07) is 60.5. The highest BCUT2D eigenvalue weighted by Gasteiger charge is 2.43. The molecule has 0 aliphatic carbocycles. The number of hydrogen-bond donors (Lipinski definition) is 0. The van der Waals surface area contributed by atoms with Crippen LogP contribution in [-0.2, 0) is 0 Å². The molecule has 0 radical (unpaired) electrons. The number of fused-ring (bicyclic) bond motifs is 3. The topological polar surface area (TPSA) is 37.4 Å². The van der Waals surface area contributed by atoms with Gasteiger partial charge >= 0.3 is 0 Å². The summed E-state index contributed by atoms with van der Waals surface area (Å²) in [6.07, 6.45) is 0. The molecule has 50 heavy (non-hydrogen) atoms. The van der Waals surface area contributed by atoms with Gasteiger partial charge in [0.2, 0.25) is 0 Å². The van der Waals surface area contributed by atoms with Crippen molar-refractivity contribution >= 4 is 62.0 Å². The van der Waals surface area contributed by atoms with Gasteiger partial charge in [-0.15, -0.1) is 0 Å². The standard InChI is InChI=1S/C45H28N4Si/c1-47-33-26-28-43-39(30-33)38-29-32(31-46)25-27-42(38)49(43)41-23-13-12-21-37(41)45-40(48-2)22-14-24-44(45)50(34-15-6-3-7-16-34,35-17-8-4-9-18-35)36-19-10-5-11-20-36/h3-30H. The van der Waals surface area contributed by atoms with Crippen molar-refractivity contribution in [2.75, 3.05) is 0 Å². The first-order valence-electron chi connectivity index (χ1n) is 16.3. The van der Waals surface area contributed by atoms with Crippen molar-refractivity contribution in [1.82, 2.24) is 4.57 Å². The molecule has 0 bridgehead atoms. The fraction of sp³-hybridized carbons (Fsp3) is 0. The molecule has 0 saturated carbocycles. The first-order chi connectivity index (χ1) is 24.7. The highest BCUT2D eigenvalue weighted by atomic mass is 28.3. The zero-order valence-electron chi connectivity index (χ0n) is 27.0. The number of nitriles is 1. The van der Waals surface area contributed by atoms with Gasteiger partial charge in [-0.05, 0) is 73.7 Å². The van der Waals surface area contributed by atoms with E-state index in [0.717, 1.165) is 43.8 Å². The molecule has 0 unspecified atom stereocenters. The Bertz CT molecular complexity index is 2510. The van der Waals surface area contributed by atoms with Crippen LogP contribution >= 0.6 is 0 Å². The lowest BCUT2D eigenvalue weighted by atomic mass is 10.0. The minimum atomic E-state index is -3.04. The minimum Gasteiger partial charge on any atom is -0.309 e. The van der Waals surface area contributed by atoms with Gasteiger partial charge < -0.3 is 4.57 Å². The highest BCUT2D eigenvalue weighted by Crippen LogP contribution is 2.40. The van der Waals surface area contributed by atoms with E-state index >= 15 is 0 Å². The predicted molar refractivity (Wildman–Crippen MR) is 207 cm³/mol. The van der Waals surface area contributed by atoms with E-state index < -0.39 is 8.07 Å². The summed E-state index contributed by atoms with van der Waals surface area (Å²) in [4.78, 5) is 7.90. The summed E-state index contributed by atoms with van der Waals surface area (Å²) >= 11 is 0. The van der Waals surface area contributed by atoms with E-state index in [-0.39, 0.29) is 0 Å². The summed E-state index contributed by atoms with van der Waals surface area (Å²) < 4.78 is 2.22. The summed E-state index contributed by atoms with van der Waals surface area (Å²) in [6.45, 7) is 16.2. The average molecular weight is 653 g/mol. The van der Waals surface area contributed by atoms with Gasteiger partial charge in [0.1, 0.15) is 0 Å². The van der Waals surface area contributed by atoms with Crippen molar-refractivity contribution in [3.05, 3.63) is 198 Å². The molecule has 0 saturated heterocycles. The number of aromatic nitrogens is 1. The van der Waals surface area contributed by atoms with E-state index in [0.29, 0.717) is 16.9 Å². The van der Waals surface area contributed by atoms with Gasteiger partial charge in [0.15, 0.2) is 19.4 Å². The Balaban J connectivity index is 1.53. The second-order valence-corrected chi connectivity index (χ2v) is 15.9. The molecule has 8 rings (SSSR count). The molecule has 1 heterocycles. The third-order valence-corrected chi connectivity index (χ3v) is 14.4. The zero-order valence-corrected chi connectivity index (χ0v) is 28.0. The normalized spacial score (nSPS) is 11.1. The molecule has 0 amide bonds. The number of nitrogens with zero attached hydrogens (tertiary/aromatic N) is 4. The first-order valence-corrected chi connectivity index (χ1v) is 18.3. The average Bonchev–Trinajstić information content (AvgIpc) is 3.52. The molecule has 7 aromatic carbocycles. The SMILES string of the molecule is [C-]#[N+]c1ccc2c(c1)c1cc(C#N)ccc1n2-c1ccccc1-c1c([N+]#[C-])cccc1[Si](c1ccccc1)(c1ccccc1)c1ccccc1. The third kappa shape index (κ3) is 4.72. The molecule has 0 spiro atoms. The molecule has 0 aliphatic rings. The molecular formula is C45H28N4Si. The summed E-state index contributed by atoms with van der Waals surface area (Å²) in [7, 11) is -3.04. The van der Waals surface area contributed by atoms with Crippen LogP contribution in [0.25, 0.3) is 48.3 Å². The Kier molecular flexibility index (Phi) is 7.63. The molecule has 0 atom stereocenters. The Morgan fingerprint density at radius 3 is 1.68 bits per heavy atom. The van der Waals surface area contributed by atoms with Crippen LogP contribution in [0.5, 0.6) is 0 Å². The number of para-hydroxylation sites is 1. The van der Waals surface area contributed by atoms with Crippen LogP contribution in [0.2, 0.25) is 0 Å². The Labute approximate surface area is 292 Å². The second kappa shape index (κ2) is 12.6. The van der Waals surface area contributed by atoms with Crippen LogP contribution in [0.3, 0.4) is 0 Å². The second-order valence-electron chi connectivity index (χ2n) is 12.2. The van der Waals surface area contributed by atoms with E-state index in [9.17, 15) is 5.26 Å². The maximum Gasteiger partial charge on any atom is 0.194 e. The van der Waals surface area contributed by atoms with E-state index in [1.54, 1.807) is 0 Å². The van der Waals surface area contributed by atoms with Gasteiger partial charge in [-0.25, -0.2) is 9.69 Å². The molecule has 0 aliphatic heterocycles. The smallest absolute Gasteiger partial charge is 0.194 e. The van der Waals surface area contributed by atoms with Gasteiger partial charge in [0.05, 0.1) is 41.5 Å². The summed E-state index contributed by atoms with van der Waals surface area (Å²) in [5, 5.41) is 16.4. The van der Waals surface area contributed by atoms with E-state index in [2.05, 4.69) is 130 Å². The summed E-state index contributed by atoms with van der Waals surface area (Å²) in [5.74, 6) is 0. The molecule has 0 N–H and O–H groups in total.